The standard InChI is InChI=1S/C12H12BrF3O/c13-7-10(17)11(5-6-11)8-1-3-9(4-2-8)12(14,15)16/h1,3H,2,4-7H2. The van der Waals surface area contributed by atoms with E-state index in [1.54, 1.807) is 0 Å². The Bertz CT molecular complexity index is 402. The molecule has 0 unspecified atom stereocenters. The minimum Gasteiger partial charge on any atom is -0.298 e. The second-order valence-electron chi connectivity index (χ2n) is 4.52. The molecule has 0 N–H and O–H groups in total. The van der Waals surface area contributed by atoms with Crippen LogP contribution < -0.4 is 0 Å². The molecule has 2 rings (SSSR count). The SMILES string of the molecule is O=C(CBr)C1(C2=CC=C(C(F)(F)F)CC2)CC1. The van der Waals surface area contributed by atoms with Gasteiger partial charge in [0.2, 0.25) is 0 Å². The number of halogens is 4. The van der Waals surface area contributed by atoms with Crippen LogP contribution in [0.25, 0.3) is 0 Å². The van der Waals surface area contributed by atoms with Gasteiger partial charge in [-0.15, -0.1) is 0 Å². The van der Waals surface area contributed by atoms with E-state index in [1.165, 1.54) is 6.08 Å². The van der Waals surface area contributed by atoms with Gasteiger partial charge in [0, 0.05) is 5.57 Å². The fraction of sp³-hybridized carbons (Fsp3) is 0.583. The molecule has 0 aromatic heterocycles. The maximum Gasteiger partial charge on any atom is 0.412 e. The van der Waals surface area contributed by atoms with Crippen LogP contribution in [0.1, 0.15) is 25.7 Å². The molecular weight excluding hydrogens is 297 g/mol. The number of hydrogen-bond donors (Lipinski definition) is 0. The smallest absolute Gasteiger partial charge is 0.298 e. The second kappa shape index (κ2) is 4.26. The minimum absolute atomic E-state index is 0.00729. The zero-order valence-corrected chi connectivity index (χ0v) is 10.7. The Labute approximate surface area is 106 Å². The van der Waals surface area contributed by atoms with Crippen LogP contribution in [0.2, 0.25) is 0 Å². The average molecular weight is 309 g/mol. The van der Waals surface area contributed by atoms with E-state index in [9.17, 15) is 18.0 Å². The van der Waals surface area contributed by atoms with Crippen LogP contribution >= 0.6 is 15.9 Å². The van der Waals surface area contributed by atoms with Gasteiger partial charge >= 0.3 is 6.18 Å². The molecule has 2 aliphatic rings. The molecule has 0 saturated heterocycles. The van der Waals surface area contributed by atoms with E-state index in [0.717, 1.165) is 24.5 Å². The summed E-state index contributed by atoms with van der Waals surface area (Å²) in [5.41, 5.74) is -0.0739. The molecule has 0 aliphatic heterocycles. The molecule has 1 fully saturated rings. The molecule has 1 nitrogen and oxygen atoms in total. The molecule has 0 atom stereocenters. The van der Waals surface area contributed by atoms with Crippen molar-refractivity contribution in [2.45, 2.75) is 31.9 Å². The molecule has 0 heterocycles. The van der Waals surface area contributed by atoms with Crippen molar-refractivity contribution in [1.82, 2.24) is 0 Å². The highest BCUT2D eigenvalue weighted by atomic mass is 79.9. The van der Waals surface area contributed by atoms with Crippen LogP contribution in [0.3, 0.4) is 0 Å². The summed E-state index contributed by atoms with van der Waals surface area (Å²) in [7, 11) is 0. The van der Waals surface area contributed by atoms with Crippen LogP contribution in [0.5, 0.6) is 0 Å². The molecule has 94 valence electrons. The van der Waals surface area contributed by atoms with Gasteiger partial charge in [0.1, 0.15) is 0 Å². The van der Waals surface area contributed by atoms with Crippen molar-refractivity contribution < 1.29 is 18.0 Å². The largest absolute Gasteiger partial charge is 0.412 e. The quantitative estimate of drug-likeness (QED) is 0.722. The monoisotopic (exact) mass is 308 g/mol. The van der Waals surface area contributed by atoms with Crippen LogP contribution in [0.4, 0.5) is 13.2 Å². The zero-order chi connectivity index (χ0) is 12.7. The van der Waals surface area contributed by atoms with Gasteiger partial charge < -0.3 is 0 Å². The topological polar surface area (TPSA) is 17.1 Å². The van der Waals surface area contributed by atoms with Crippen molar-refractivity contribution >= 4 is 21.7 Å². The van der Waals surface area contributed by atoms with Crippen LogP contribution in [-0.2, 0) is 4.79 Å². The van der Waals surface area contributed by atoms with Gasteiger partial charge in [-0.2, -0.15) is 13.2 Å². The van der Waals surface area contributed by atoms with Crippen LogP contribution in [-0.4, -0.2) is 17.3 Å². The molecule has 0 aromatic rings. The molecule has 0 spiro atoms. The highest BCUT2D eigenvalue weighted by Crippen LogP contribution is 2.55. The summed E-state index contributed by atoms with van der Waals surface area (Å²) in [6.45, 7) is 0. The van der Waals surface area contributed by atoms with Crippen molar-refractivity contribution in [2.75, 3.05) is 5.33 Å². The lowest BCUT2D eigenvalue weighted by atomic mass is 9.84. The lowest BCUT2D eigenvalue weighted by Gasteiger charge is -2.22. The third-order valence-electron chi connectivity index (χ3n) is 3.53. The highest BCUT2D eigenvalue weighted by Gasteiger charge is 2.51. The normalized spacial score (nSPS) is 22.8. The number of Topliss-reactive ketones (excluding diaryl/α,β-unsaturated/α-hetero) is 1. The van der Waals surface area contributed by atoms with Gasteiger partial charge in [0.15, 0.2) is 5.78 Å². The minimum atomic E-state index is -4.24. The summed E-state index contributed by atoms with van der Waals surface area (Å²) in [6, 6.07) is 0. The Hall–Kier alpha value is -0.580. The molecule has 2 aliphatic carbocycles. The molecule has 0 bridgehead atoms. The molecule has 5 heteroatoms. The predicted octanol–water partition coefficient (Wildman–Crippen LogP) is 3.94. The summed E-state index contributed by atoms with van der Waals surface area (Å²) < 4.78 is 37.3. The van der Waals surface area contributed by atoms with E-state index in [4.69, 9.17) is 0 Å². The van der Waals surface area contributed by atoms with E-state index >= 15 is 0 Å². The van der Waals surface area contributed by atoms with Gasteiger partial charge in [0.25, 0.3) is 0 Å². The van der Waals surface area contributed by atoms with Crippen molar-refractivity contribution in [3.05, 3.63) is 23.3 Å². The van der Waals surface area contributed by atoms with E-state index < -0.39 is 17.2 Å². The first-order chi connectivity index (χ1) is 7.90. The third kappa shape index (κ3) is 2.34. The van der Waals surface area contributed by atoms with Gasteiger partial charge in [-0.3, -0.25) is 4.79 Å². The maximum atomic E-state index is 12.4. The molecule has 0 radical (unpaired) electrons. The number of hydrogen-bond acceptors (Lipinski definition) is 1. The Balaban J connectivity index is 2.19. The fourth-order valence-electron chi connectivity index (χ4n) is 2.30. The number of carbonyl (C=O) groups excluding carboxylic acids is 1. The Morgan fingerprint density at radius 1 is 1.29 bits per heavy atom. The first-order valence-corrected chi connectivity index (χ1v) is 6.59. The lowest BCUT2D eigenvalue weighted by Crippen LogP contribution is -2.22. The highest BCUT2D eigenvalue weighted by molar-refractivity contribution is 9.09. The zero-order valence-electron chi connectivity index (χ0n) is 9.11. The molecule has 17 heavy (non-hydrogen) atoms. The third-order valence-corrected chi connectivity index (χ3v) is 4.04. The van der Waals surface area contributed by atoms with E-state index in [1.807, 2.05) is 0 Å². The van der Waals surface area contributed by atoms with E-state index in [0.29, 0.717) is 6.42 Å². The second-order valence-corrected chi connectivity index (χ2v) is 5.08. The van der Waals surface area contributed by atoms with Crippen molar-refractivity contribution in [3.63, 3.8) is 0 Å². The van der Waals surface area contributed by atoms with Gasteiger partial charge in [-0.05, 0) is 25.7 Å². The first-order valence-electron chi connectivity index (χ1n) is 5.47. The number of alkyl halides is 4. The summed E-state index contributed by atoms with van der Waals surface area (Å²) in [5.74, 6) is 0.0904. The Kier molecular flexibility index (Phi) is 3.23. The Morgan fingerprint density at radius 3 is 2.29 bits per heavy atom. The summed E-state index contributed by atoms with van der Waals surface area (Å²) in [6.07, 6.45) is 0.284. The lowest BCUT2D eigenvalue weighted by molar-refractivity contribution is -0.120. The fourth-order valence-corrected chi connectivity index (χ4v) is 2.84. The molecule has 0 amide bonds. The van der Waals surface area contributed by atoms with E-state index in [2.05, 4.69) is 15.9 Å². The van der Waals surface area contributed by atoms with Crippen molar-refractivity contribution in [1.29, 1.82) is 0 Å². The van der Waals surface area contributed by atoms with Gasteiger partial charge in [-0.25, -0.2) is 0 Å². The number of carbonyl (C=O) groups is 1. The summed E-state index contributed by atoms with van der Waals surface area (Å²) in [4.78, 5) is 11.7. The molecule has 1 saturated carbocycles. The summed E-state index contributed by atoms with van der Waals surface area (Å²) in [5, 5.41) is 0.278. The summed E-state index contributed by atoms with van der Waals surface area (Å²) >= 11 is 3.13. The van der Waals surface area contributed by atoms with Gasteiger partial charge in [-0.1, -0.05) is 33.7 Å². The van der Waals surface area contributed by atoms with Crippen molar-refractivity contribution in [2.24, 2.45) is 5.41 Å². The van der Waals surface area contributed by atoms with Gasteiger partial charge in [0.05, 0.1) is 10.7 Å². The number of allylic oxidation sites excluding steroid dienone is 4. The van der Waals surface area contributed by atoms with Crippen LogP contribution in [0.15, 0.2) is 23.3 Å². The molecular formula is C12H12BrF3O. The van der Waals surface area contributed by atoms with E-state index in [-0.39, 0.29) is 17.5 Å². The van der Waals surface area contributed by atoms with Crippen molar-refractivity contribution in [3.8, 4) is 0 Å². The van der Waals surface area contributed by atoms with Crippen LogP contribution in [0, 0.1) is 5.41 Å². The number of ketones is 1. The predicted molar refractivity (Wildman–Crippen MR) is 61.9 cm³/mol. The number of rotatable bonds is 3. The average Bonchev–Trinajstić information content (AvgIpc) is 3.08. The first kappa shape index (κ1) is 12.9. The Morgan fingerprint density at radius 2 is 1.94 bits per heavy atom. The maximum absolute atomic E-state index is 12.4. The molecule has 0 aromatic carbocycles.